The molecular weight excluding hydrogens is 430 g/mol. The Labute approximate surface area is 190 Å². The summed E-state index contributed by atoms with van der Waals surface area (Å²) in [5, 5.41) is -0.502. The van der Waals surface area contributed by atoms with Crippen molar-refractivity contribution >= 4 is 40.2 Å². The van der Waals surface area contributed by atoms with E-state index in [0.29, 0.717) is 0 Å². The Morgan fingerprint density at radius 2 is 1.81 bits per heavy atom. The molecule has 0 radical (unpaired) electrons. The molecule has 4 nitrogen and oxygen atoms in total. The van der Waals surface area contributed by atoms with Crippen LogP contribution in [0.4, 0.5) is 19.3 Å². The Balaban J connectivity index is 1.68. The van der Waals surface area contributed by atoms with Gasteiger partial charge in [-0.1, -0.05) is 24.3 Å². The van der Waals surface area contributed by atoms with Crippen molar-refractivity contribution in [1.82, 2.24) is 4.90 Å². The van der Waals surface area contributed by atoms with Crippen LogP contribution in [0.5, 0.6) is 0 Å². The molecule has 2 aromatic rings. The first kappa shape index (κ1) is 22.3. The third kappa shape index (κ3) is 3.86. The van der Waals surface area contributed by atoms with Gasteiger partial charge in [-0.25, -0.2) is 8.78 Å². The van der Waals surface area contributed by atoms with Crippen molar-refractivity contribution in [2.45, 2.75) is 39.8 Å². The third-order valence-corrected chi connectivity index (χ3v) is 6.77. The van der Waals surface area contributed by atoms with E-state index in [1.165, 1.54) is 24.3 Å². The quantitative estimate of drug-likeness (QED) is 0.514. The molecule has 4 rings (SSSR count). The maximum Gasteiger partial charge on any atom is 0.293 e. The van der Waals surface area contributed by atoms with Crippen LogP contribution in [0.2, 0.25) is 0 Å². The van der Waals surface area contributed by atoms with Crippen LogP contribution in [-0.2, 0) is 11.3 Å². The van der Waals surface area contributed by atoms with E-state index in [2.05, 4.69) is 24.8 Å². The van der Waals surface area contributed by atoms with E-state index in [1.807, 2.05) is 13.8 Å². The number of nitrogens with zero attached hydrogens (tertiary/aromatic N) is 2. The number of imide groups is 1. The first-order valence-electron chi connectivity index (χ1n) is 10.4. The van der Waals surface area contributed by atoms with Crippen LogP contribution in [-0.4, -0.2) is 28.1 Å². The standard InChI is InChI=1S/C25H24F2N2O2S/c1-5-29-21-12-20(27)17(10-18(21)15(2)13-25(29,3)4)11-22-23(30)28(24(31)32-22)14-16-8-6-7-9-19(16)26/h6-13H,5,14H2,1-4H3/b22-11+. The monoisotopic (exact) mass is 454 g/mol. The van der Waals surface area contributed by atoms with Gasteiger partial charge in [0.1, 0.15) is 11.6 Å². The van der Waals surface area contributed by atoms with Crippen molar-refractivity contribution in [3.05, 3.63) is 75.7 Å². The molecule has 166 valence electrons. The van der Waals surface area contributed by atoms with Crippen molar-refractivity contribution in [3.8, 4) is 0 Å². The molecule has 0 aromatic heterocycles. The minimum absolute atomic E-state index is 0.121. The molecule has 0 N–H and O–H groups in total. The van der Waals surface area contributed by atoms with E-state index in [1.54, 1.807) is 18.2 Å². The third-order valence-electron chi connectivity index (χ3n) is 5.86. The topological polar surface area (TPSA) is 40.6 Å². The van der Waals surface area contributed by atoms with Crippen LogP contribution in [0.1, 0.15) is 44.4 Å². The minimum Gasteiger partial charge on any atom is -0.363 e. The zero-order chi connectivity index (χ0) is 23.2. The highest BCUT2D eigenvalue weighted by atomic mass is 32.2. The predicted octanol–water partition coefficient (Wildman–Crippen LogP) is 6.22. The molecule has 2 aliphatic rings. The number of amides is 2. The SMILES string of the molecule is CCN1c2cc(F)c(/C=C3/SC(=O)N(Cc4ccccc4F)C3=O)cc2C(C)=CC1(C)C. The highest BCUT2D eigenvalue weighted by molar-refractivity contribution is 8.18. The highest BCUT2D eigenvalue weighted by Gasteiger charge is 2.36. The van der Waals surface area contributed by atoms with Gasteiger partial charge < -0.3 is 4.90 Å². The summed E-state index contributed by atoms with van der Waals surface area (Å²) in [7, 11) is 0. The van der Waals surface area contributed by atoms with Crippen molar-refractivity contribution in [1.29, 1.82) is 0 Å². The molecule has 7 heteroatoms. The van der Waals surface area contributed by atoms with Gasteiger partial charge in [0.15, 0.2) is 0 Å². The van der Waals surface area contributed by atoms with Crippen molar-refractivity contribution in [2.24, 2.45) is 0 Å². The van der Waals surface area contributed by atoms with Crippen LogP contribution < -0.4 is 4.90 Å². The summed E-state index contributed by atoms with van der Waals surface area (Å²) < 4.78 is 29.1. The van der Waals surface area contributed by atoms with Crippen LogP contribution in [0, 0.1) is 11.6 Å². The van der Waals surface area contributed by atoms with E-state index >= 15 is 4.39 Å². The van der Waals surface area contributed by atoms with Gasteiger partial charge in [0, 0.05) is 28.9 Å². The number of likely N-dealkylation sites (N-methyl/N-ethyl adjacent to an activating group) is 1. The normalized spacial score (nSPS) is 18.9. The van der Waals surface area contributed by atoms with Gasteiger partial charge in [-0.3, -0.25) is 14.5 Å². The summed E-state index contributed by atoms with van der Waals surface area (Å²) in [6.07, 6.45) is 3.55. The summed E-state index contributed by atoms with van der Waals surface area (Å²) in [4.78, 5) is 28.5. The smallest absolute Gasteiger partial charge is 0.293 e. The number of allylic oxidation sites excluding steroid dienone is 1. The lowest BCUT2D eigenvalue weighted by atomic mass is 9.88. The summed E-state index contributed by atoms with van der Waals surface area (Å²) in [5.41, 5.74) is 2.97. The van der Waals surface area contributed by atoms with E-state index < -0.39 is 22.8 Å². The van der Waals surface area contributed by atoms with Gasteiger partial charge in [-0.05, 0) is 69.3 Å². The average molecular weight is 455 g/mol. The molecule has 2 aromatic carbocycles. The van der Waals surface area contributed by atoms with Crippen LogP contribution in [0.3, 0.4) is 0 Å². The summed E-state index contributed by atoms with van der Waals surface area (Å²) in [6, 6.07) is 9.21. The Bertz CT molecular complexity index is 1190. The Morgan fingerprint density at radius 3 is 2.50 bits per heavy atom. The second-order valence-corrected chi connectivity index (χ2v) is 9.47. The van der Waals surface area contributed by atoms with Crippen LogP contribution in [0.15, 0.2) is 47.4 Å². The molecular formula is C25H24F2N2O2S. The molecule has 0 unspecified atom stereocenters. The number of thioether (sulfide) groups is 1. The Kier molecular flexibility index (Phi) is 5.71. The number of rotatable bonds is 4. The fourth-order valence-electron chi connectivity index (χ4n) is 4.38. The number of hydrogen-bond donors (Lipinski definition) is 0. The molecule has 2 aliphatic heterocycles. The van der Waals surface area contributed by atoms with E-state index in [4.69, 9.17) is 0 Å². The van der Waals surface area contributed by atoms with Crippen molar-refractivity contribution < 1.29 is 18.4 Å². The molecule has 1 saturated heterocycles. The fraction of sp³-hybridized carbons (Fsp3) is 0.280. The summed E-state index contributed by atoms with van der Waals surface area (Å²) in [5.74, 6) is -1.50. The maximum atomic E-state index is 15.1. The molecule has 1 fully saturated rings. The van der Waals surface area contributed by atoms with Crippen molar-refractivity contribution in [3.63, 3.8) is 0 Å². The predicted molar refractivity (Wildman–Crippen MR) is 125 cm³/mol. The number of benzene rings is 2. The number of fused-ring (bicyclic) bond motifs is 1. The lowest BCUT2D eigenvalue weighted by Gasteiger charge is -2.42. The molecule has 0 saturated carbocycles. The van der Waals surface area contributed by atoms with Crippen LogP contribution >= 0.6 is 11.8 Å². The van der Waals surface area contributed by atoms with Gasteiger partial charge in [-0.15, -0.1) is 0 Å². The number of carbonyl (C=O) groups excluding carboxylic acids is 2. The summed E-state index contributed by atoms with van der Waals surface area (Å²) in [6.45, 7) is 8.73. The lowest BCUT2D eigenvalue weighted by Crippen LogP contribution is -2.45. The Morgan fingerprint density at radius 1 is 1.09 bits per heavy atom. The molecule has 0 atom stereocenters. The lowest BCUT2D eigenvalue weighted by molar-refractivity contribution is -0.123. The average Bonchev–Trinajstić information content (AvgIpc) is 2.98. The first-order valence-corrected chi connectivity index (χ1v) is 11.2. The van der Waals surface area contributed by atoms with Gasteiger partial charge in [-0.2, -0.15) is 0 Å². The second-order valence-electron chi connectivity index (χ2n) is 8.48. The largest absolute Gasteiger partial charge is 0.363 e. The maximum absolute atomic E-state index is 15.1. The number of anilines is 1. The number of hydrogen-bond acceptors (Lipinski definition) is 4. The molecule has 32 heavy (non-hydrogen) atoms. The zero-order valence-corrected chi connectivity index (χ0v) is 19.2. The fourth-order valence-corrected chi connectivity index (χ4v) is 5.21. The van der Waals surface area contributed by atoms with Crippen LogP contribution in [0.25, 0.3) is 11.6 Å². The van der Waals surface area contributed by atoms with Crippen molar-refractivity contribution in [2.75, 3.05) is 11.4 Å². The van der Waals surface area contributed by atoms with Gasteiger partial charge in [0.2, 0.25) is 0 Å². The van der Waals surface area contributed by atoms with Gasteiger partial charge in [0.25, 0.3) is 11.1 Å². The number of halogens is 2. The molecule has 0 spiro atoms. The van der Waals surface area contributed by atoms with E-state index in [-0.39, 0.29) is 28.1 Å². The highest BCUT2D eigenvalue weighted by Crippen LogP contribution is 2.41. The molecule has 2 amide bonds. The van der Waals surface area contributed by atoms with E-state index in [9.17, 15) is 14.0 Å². The minimum atomic E-state index is -0.552. The van der Waals surface area contributed by atoms with E-state index in [0.717, 1.165) is 40.0 Å². The first-order chi connectivity index (χ1) is 15.1. The second kappa shape index (κ2) is 8.20. The zero-order valence-electron chi connectivity index (χ0n) is 18.4. The number of carbonyl (C=O) groups is 2. The van der Waals surface area contributed by atoms with Gasteiger partial charge in [0.05, 0.1) is 17.0 Å². The Hall–Kier alpha value is -2.93. The summed E-state index contributed by atoms with van der Waals surface area (Å²) >= 11 is 0.738. The molecule has 0 aliphatic carbocycles. The van der Waals surface area contributed by atoms with Gasteiger partial charge >= 0.3 is 0 Å². The molecule has 2 heterocycles. The molecule has 0 bridgehead atoms.